The molecule has 0 radical (unpaired) electrons. The predicted octanol–water partition coefficient (Wildman–Crippen LogP) is 5.89. The number of aryl methyl sites for hydroxylation is 1. The van der Waals surface area contributed by atoms with Crippen molar-refractivity contribution in [3.63, 3.8) is 0 Å². The van der Waals surface area contributed by atoms with Crippen LogP contribution in [0.4, 0.5) is 10.6 Å². The molecule has 14 heteroatoms. The Hall–Kier alpha value is -4.98. The van der Waals surface area contributed by atoms with Crippen molar-refractivity contribution in [3.05, 3.63) is 75.6 Å². The molecule has 4 aromatic rings. The maximum absolute atomic E-state index is 14.0. The molecule has 1 aromatic carbocycles. The van der Waals surface area contributed by atoms with Crippen LogP contribution >= 0.6 is 11.3 Å². The average molecular weight is 644 g/mol. The first kappa shape index (κ1) is 32.4. The Kier molecular flexibility index (Phi) is 9.28. The molecule has 1 aliphatic heterocycles. The van der Waals surface area contributed by atoms with E-state index in [1.54, 1.807) is 51.2 Å². The summed E-state index contributed by atoms with van der Waals surface area (Å²) in [5.41, 5.74) is 0.492. The zero-order chi connectivity index (χ0) is 33.1. The van der Waals surface area contributed by atoms with Gasteiger partial charge in [0.25, 0.3) is 11.8 Å². The Morgan fingerprint density at radius 3 is 2.52 bits per heavy atom. The van der Waals surface area contributed by atoms with E-state index >= 15 is 0 Å². The van der Waals surface area contributed by atoms with Crippen LogP contribution in [-0.2, 0) is 16.7 Å². The third-order valence-electron chi connectivity index (χ3n) is 7.26. The van der Waals surface area contributed by atoms with Crippen molar-refractivity contribution in [3.8, 4) is 11.6 Å². The molecule has 0 saturated carbocycles. The van der Waals surface area contributed by atoms with Gasteiger partial charge in [0.05, 0.1) is 6.04 Å². The number of alkyl carbamates (subject to hydrolysis) is 1. The van der Waals surface area contributed by atoms with Gasteiger partial charge in [0.2, 0.25) is 5.89 Å². The van der Waals surface area contributed by atoms with Gasteiger partial charge in [0, 0.05) is 43.0 Å². The second kappa shape index (κ2) is 13.2. The second-order valence-electron chi connectivity index (χ2n) is 12.2. The molecule has 0 bridgehead atoms. The number of amides is 2. The average Bonchev–Trinajstić information content (AvgIpc) is 3.78. The summed E-state index contributed by atoms with van der Waals surface area (Å²) in [7, 11) is 0. The van der Waals surface area contributed by atoms with Gasteiger partial charge in [-0.15, -0.1) is 26.7 Å². The number of hydrogen-bond acceptors (Lipinski definition) is 12. The molecular weight excluding hydrogens is 606 g/mol. The van der Waals surface area contributed by atoms with Crippen LogP contribution in [-0.4, -0.2) is 62.6 Å². The zero-order valence-corrected chi connectivity index (χ0v) is 27.4. The van der Waals surface area contributed by atoms with E-state index in [-0.39, 0.29) is 35.2 Å². The summed E-state index contributed by atoms with van der Waals surface area (Å²) in [6.07, 6.45) is 1.36. The fourth-order valence-corrected chi connectivity index (χ4v) is 6.20. The lowest BCUT2D eigenvalue weighted by Gasteiger charge is -2.29. The van der Waals surface area contributed by atoms with E-state index in [9.17, 15) is 9.59 Å². The predicted molar refractivity (Wildman–Crippen MR) is 176 cm³/mol. The fourth-order valence-electron chi connectivity index (χ4n) is 5.25. The van der Waals surface area contributed by atoms with Gasteiger partial charge in [-0.1, -0.05) is 30.3 Å². The van der Waals surface area contributed by atoms with Gasteiger partial charge in [-0.25, -0.2) is 14.8 Å². The largest absolute Gasteiger partial charge is 0.444 e. The molecule has 2 unspecified atom stereocenters. The van der Waals surface area contributed by atoms with E-state index in [0.717, 1.165) is 34.2 Å². The Morgan fingerprint density at radius 1 is 1.13 bits per heavy atom. The first-order valence-electron chi connectivity index (χ1n) is 14.8. The molecule has 1 aliphatic rings. The Morgan fingerprint density at radius 2 is 1.87 bits per heavy atom. The zero-order valence-electron chi connectivity index (χ0n) is 26.6. The number of hydrogen-bond donors (Lipinski definition) is 1. The van der Waals surface area contributed by atoms with Crippen LogP contribution in [0.1, 0.15) is 79.1 Å². The minimum atomic E-state index is -1.16. The molecule has 13 nitrogen and oxygen atoms in total. The van der Waals surface area contributed by atoms with Crippen LogP contribution < -0.4 is 10.4 Å². The van der Waals surface area contributed by atoms with E-state index in [1.165, 1.54) is 0 Å². The number of ether oxygens (including phenoxy) is 1. The number of benzene rings is 1. The van der Waals surface area contributed by atoms with Gasteiger partial charge >= 0.3 is 6.09 Å². The van der Waals surface area contributed by atoms with Gasteiger partial charge in [-0.05, 0) is 65.2 Å². The van der Waals surface area contributed by atoms with E-state index in [2.05, 4.69) is 49.1 Å². The van der Waals surface area contributed by atoms with Gasteiger partial charge in [-0.2, -0.15) is 10.2 Å². The monoisotopic (exact) mass is 643 g/mol. The summed E-state index contributed by atoms with van der Waals surface area (Å²) < 4.78 is 11.7. The molecular formula is C32H37N9O4S. The van der Waals surface area contributed by atoms with Crippen molar-refractivity contribution in [1.29, 1.82) is 0 Å². The number of carbonyl (C=O) groups is 2. The molecule has 2 atom stereocenters. The van der Waals surface area contributed by atoms with Crippen molar-refractivity contribution in [2.45, 2.75) is 71.1 Å². The van der Waals surface area contributed by atoms with Crippen LogP contribution in [0.5, 0.6) is 0 Å². The number of nitrogens with one attached hydrogen (secondary N) is 1. The smallest absolute Gasteiger partial charge is 0.408 e. The topological polar surface area (TPSA) is 151 Å². The summed E-state index contributed by atoms with van der Waals surface area (Å²) in [4.78, 5) is 38.0. The molecule has 0 spiro atoms. The number of aromatic nitrogens is 4. The summed E-state index contributed by atoms with van der Waals surface area (Å²) in [6, 6.07) is 12.6. The van der Waals surface area contributed by atoms with Crippen LogP contribution in [0, 0.1) is 6.92 Å². The standard InChI is InChI=1S/C32H37N9O4S/c1-20-19-46-27(35-20)24-14-11-15-40(24)28(42)22-16-23(36-25(17-22)41(33-6)34-7)26-38-39-29(44-26)32(5,18-21-12-9-8-10-13-21)37-30(43)45-31(2,3)4/h8-10,12-13,16-17,19,24H,6-7,11,14-15,18H2,1-5H3,(H,37,43). The number of anilines is 1. The first-order chi connectivity index (χ1) is 21.9. The highest BCUT2D eigenvalue weighted by molar-refractivity contribution is 7.09. The lowest BCUT2D eigenvalue weighted by Crippen LogP contribution is -2.47. The van der Waals surface area contributed by atoms with E-state index < -0.39 is 17.2 Å². The third-order valence-corrected chi connectivity index (χ3v) is 8.32. The van der Waals surface area contributed by atoms with Crippen molar-refractivity contribution < 1.29 is 18.7 Å². The molecule has 1 fully saturated rings. The van der Waals surface area contributed by atoms with Crippen LogP contribution in [0.15, 0.2) is 62.5 Å². The van der Waals surface area contributed by atoms with Crippen LogP contribution in [0.25, 0.3) is 11.6 Å². The number of rotatable bonds is 10. The molecule has 1 saturated heterocycles. The van der Waals surface area contributed by atoms with Crippen molar-refractivity contribution >= 4 is 42.6 Å². The number of pyridine rings is 1. The molecule has 4 heterocycles. The maximum Gasteiger partial charge on any atom is 0.408 e. The third kappa shape index (κ3) is 7.28. The lowest BCUT2D eigenvalue weighted by molar-refractivity contribution is 0.0443. The summed E-state index contributed by atoms with van der Waals surface area (Å²) in [6.45, 7) is 16.7. The minimum absolute atomic E-state index is 0.0257. The molecule has 2 amide bonds. The highest BCUT2D eigenvalue weighted by atomic mass is 32.1. The van der Waals surface area contributed by atoms with Gasteiger partial charge in [-0.3, -0.25) is 4.79 Å². The van der Waals surface area contributed by atoms with Gasteiger partial charge < -0.3 is 19.4 Å². The van der Waals surface area contributed by atoms with E-state index in [4.69, 9.17) is 9.15 Å². The Labute approximate surface area is 271 Å². The molecule has 0 aliphatic carbocycles. The van der Waals surface area contributed by atoms with E-state index in [0.29, 0.717) is 18.5 Å². The van der Waals surface area contributed by atoms with E-state index in [1.807, 2.05) is 47.5 Å². The normalized spacial score (nSPS) is 16.0. The summed E-state index contributed by atoms with van der Waals surface area (Å²) >= 11 is 1.55. The number of hydrazone groups is 2. The lowest BCUT2D eigenvalue weighted by atomic mass is 9.92. The van der Waals surface area contributed by atoms with Crippen molar-refractivity contribution in [2.75, 3.05) is 11.7 Å². The van der Waals surface area contributed by atoms with Crippen LogP contribution in [0.3, 0.4) is 0 Å². The van der Waals surface area contributed by atoms with Crippen molar-refractivity contribution in [2.24, 2.45) is 10.2 Å². The Balaban J connectivity index is 1.52. The highest BCUT2D eigenvalue weighted by Crippen LogP contribution is 2.36. The number of likely N-dealkylation sites (tertiary alicyclic amines) is 1. The number of thiazole rings is 1. The number of nitrogens with zero attached hydrogens (tertiary/aromatic N) is 8. The number of carbonyl (C=O) groups excluding carboxylic acids is 2. The second-order valence-corrected chi connectivity index (χ2v) is 13.1. The van der Waals surface area contributed by atoms with Gasteiger partial charge in [0.15, 0.2) is 5.82 Å². The minimum Gasteiger partial charge on any atom is -0.444 e. The quantitative estimate of drug-likeness (QED) is 0.165. The summed E-state index contributed by atoms with van der Waals surface area (Å²) in [5, 5.41) is 23.2. The molecule has 3 aromatic heterocycles. The maximum atomic E-state index is 14.0. The highest BCUT2D eigenvalue weighted by Gasteiger charge is 2.37. The molecule has 46 heavy (non-hydrogen) atoms. The fraction of sp³-hybridized carbons (Fsp3) is 0.375. The first-order valence-corrected chi connectivity index (χ1v) is 15.6. The molecule has 5 rings (SSSR count). The Bertz CT molecular complexity index is 1720. The molecule has 240 valence electrons. The SMILES string of the molecule is C=NN(N=C)c1cc(C(=O)N2CCCC2c2nc(C)cs2)cc(-c2nnc(C(C)(Cc3ccccc3)NC(=O)OC(C)(C)C)o2)n1. The molecule has 1 N–H and O–H groups in total. The van der Waals surface area contributed by atoms with Crippen molar-refractivity contribution in [1.82, 2.24) is 30.4 Å². The summed E-state index contributed by atoms with van der Waals surface area (Å²) in [5.74, 6) is 0.119. The van der Waals surface area contributed by atoms with Gasteiger partial charge in [0.1, 0.15) is 21.8 Å². The van der Waals surface area contributed by atoms with Crippen LogP contribution in [0.2, 0.25) is 0 Å².